The van der Waals surface area contributed by atoms with Crippen LogP contribution < -0.4 is 5.73 Å². The van der Waals surface area contributed by atoms with Crippen molar-refractivity contribution in [2.45, 2.75) is 10.8 Å². The van der Waals surface area contributed by atoms with Gasteiger partial charge >= 0.3 is 0 Å². The van der Waals surface area contributed by atoms with Crippen LogP contribution in [-0.2, 0) is 14.9 Å². The number of benzene rings is 1. The summed E-state index contributed by atoms with van der Waals surface area (Å²) < 4.78 is 31.3. The lowest BCUT2D eigenvalue weighted by molar-refractivity contribution is 0.436. The standard InChI is InChI=1S/C12H13NO3S/c13-11-8-4-5-9-12(11,17(14,15)16)10-6-2-1-3-7-10/h1-9,11H,13H2,(H,14,15,16)/t11-,12-/m0/s1. The molecule has 0 heterocycles. The SMILES string of the molecule is N[C@H]1C=CC=C[C@@]1(c1ccccc1)S(=O)(=O)O. The minimum absolute atomic E-state index is 0.454. The van der Waals surface area contributed by atoms with Gasteiger partial charge in [-0.15, -0.1) is 0 Å². The molecule has 0 saturated carbocycles. The Bertz CT molecular complexity index is 563. The Morgan fingerprint density at radius 2 is 1.82 bits per heavy atom. The maximum absolute atomic E-state index is 11.7. The Hall–Kier alpha value is -1.43. The van der Waals surface area contributed by atoms with E-state index in [-0.39, 0.29) is 0 Å². The number of nitrogens with two attached hydrogens (primary N) is 1. The van der Waals surface area contributed by atoms with E-state index in [1.807, 2.05) is 0 Å². The largest absolute Gasteiger partial charge is 0.322 e. The first-order valence-electron chi connectivity index (χ1n) is 5.12. The van der Waals surface area contributed by atoms with Crippen molar-refractivity contribution in [2.24, 2.45) is 5.73 Å². The van der Waals surface area contributed by atoms with Crippen molar-refractivity contribution in [2.75, 3.05) is 0 Å². The van der Waals surface area contributed by atoms with E-state index in [9.17, 15) is 13.0 Å². The topological polar surface area (TPSA) is 80.4 Å². The molecule has 0 radical (unpaired) electrons. The van der Waals surface area contributed by atoms with Crippen LogP contribution in [0.3, 0.4) is 0 Å². The fourth-order valence-corrected chi connectivity index (χ4v) is 3.14. The van der Waals surface area contributed by atoms with Gasteiger partial charge in [0.15, 0.2) is 4.75 Å². The third kappa shape index (κ3) is 1.82. The third-order valence-corrected chi connectivity index (χ3v) is 4.42. The minimum Gasteiger partial charge on any atom is -0.322 e. The zero-order chi connectivity index (χ0) is 12.5. The molecule has 0 aromatic heterocycles. The van der Waals surface area contributed by atoms with Crippen LogP contribution in [0.1, 0.15) is 5.56 Å². The molecule has 3 N–H and O–H groups in total. The second kappa shape index (κ2) is 4.10. The van der Waals surface area contributed by atoms with Gasteiger partial charge in [0, 0.05) is 0 Å². The van der Waals surface area contributed by atoms with E-state index in [0.717, 1.165) is 0 Å². The van der Waals surface area contributed by atoms with Crippen LogP contribution in [0.25, 0.3) is 0 Å². The van der Waals surface area contributed by atoms with Crippen LogP contribution in [0.2, 0.25) is 0 Å². The molecule has 0 bridgehead atoms. The maximum Gasteiger partial charge on any atom is 0.280 e. The van der Waals surface area contributed by atoms with Gasteiger partial charge in [0.1, 0.15) is 0 Å². The molecule has 0 fully saturated rings. The fourth-order valence-electron chi connectivity index (χ4n) is 2.03. The highest BCUT2D eigenvalue weighted by molar-refractivity contribution is 7.87. The fraction of sp³-hybridized carbons (Fsp3) is 0.167. The highest BCUT2D eigenvalue weighted by atomic mass is 32.2. The molecule has 0 amide bonds. The molecule has 0 aliphatic heterocycles. The van der Waals surface area contributed by atoms with Crippen molar-refractivity contribution < 1.29 is 13.0 Å². The zero-order valence-corrected chi connectivity index (χ0v) is 9.84. The molecule has 5 heteroatoms. The predicted octanol–water partition coefficient (Wildman–Crippen LogP) is 1.22. The molecule has 1 aromatic carbocycles. The second-order valence-corrected chi connectivity index (χ2v) is 5.53. The van der Waals surface area contributed by atoms with Crippen molar-refractivity contribution in [1.82, 2.24) is 0 Å². The van der Waals surface area contributed by atoms with E-state index >= 15 is 0 Å². The molecule has 2 rings (SSSR count). The summed E-state index contributed by atoms with van der Waals surface area (Å²) in [6, 6.07) is 7.65. The smallest absolute Gasteiger partial charge is 0.280 e. The van der Waals surface area contributed by atoms with Gasteiger partial charge in [0.05, 0.1) is 6.04 Å². The van der Waals surface area contributed by atoms with Crippen molar-refractivity contribution in [3.05, 3.63) is 60.2 Å². The zero-order valence-electron chi connectivity index (χ0n) is 9.02. The van der Waals surface area contributed by atoms with Crippen LogP contribution >= 0.6 is 0 Å². The molecule has 90 valence electrons. The molecular weight excluding hydrogens is 238 g/mol. The average molecular weight is 251 g/mol. The Labute approximate surface area is 100 Å². The molecule has 1 aromatic rings. The number of hydrogen-bond donors (Lipinski definition) is 2. The van der Waals surface area contributed by atoms with Gasteiger partial charge < -0.3 is 5.73 Å². The van der Waals surface area contributed by atoms with Gasteiger partial charge in [-0.1, -0.05) is 54.6 Å². The number of allylic oxidation sites excluding steroid dienone is 2. The summed E-state index contributed by atoms with van der Waals surface area (Å²) in [4.78, 5) is 0. The minimum atomic E-state index is -4.35. The summed E-state index contributed by atoms with van der Waals surface area (Å²) in [5, 5.41) is 0. The lowest BCUT2D eigenvalue weighted by atomic mass is 9.87. The van der Waals surface area contributed by atoms with Crippen molar-refractivity contribution in [3.8, 4) is 0 Å². The first-order chi connectivity index (χ1) is 7.98. The second-order valence-electron chi connectivity index (χ2n) is 3.90. The quantitative estimate of drug-likeness (QED) is 0.774. The average Bonchev–Trinajstić information content (AvgIpc) is 2.29. The molecule has 2 atom stereocenters. The Morgan fingerprint density at radius 3 is 2.35 bits per heavy atom. The number of hydrogen-bond acceptors (Lipinski definition) is 3. The summed E-state index contributed by atoms with van der Waals surface area (Å²) in [5.74, 6) is 0. The predicted molar refractivity (Wildman–Crippen MR) is 65.9 cm³/mol. The first-order valence-corrected chi connectivity index (χ1v) is 6.56. The van der Waals surface area contributed by atoms with E-state index in [4.69, 9.17) is 5.73 Å². The normalized spacial score (nSPS) is 28.2. The van der Waals surface area contributed by atoms with Crippen LogP contribution in [0.4, 0.5) is 0 Å². The lowest BCUT2D eigenvalue weighted by Crippen LogP contribution is -2.49. The van der Waals surface area contributed by atoms with E-state index < -0.39 is 20.9 Å². The summed E-state index contributed by atoms with van der Waals surface area (Å²) in [7, 11) is -4.35. The van der Waals surface area contributed by atoms with Gasteiger partial charge in [0.2, 0.25) is 0 Å². The number of rotatable bonds is 2. The van der Waals surface area contributed by atoms with E-state index in [2.05, 4.69) is 0 Å². The molecule has 0 spiro atoms. The Kier molecular flexibility index (Phi) is 2.91. The molecule has 17 heavy (non-hydrogen) atoms. The highest BCUT2D eigenvalue weighted by Crippen LogP contribution is 2.36. The molecule has 1 aliphatic carbocycles. The molecule has 1 aliphatic rings. The summed E-state index contributed by atoms with van der Waals surface area (Å²) in [6.45, 7) is 0. The van der Waals surface area contributed by atoms with Gasteiger partial charge in [0.25, 0.3) is 10.1 Å². The lowest BCUT2D eigenvalue weighted by Gasteiger charge is -2.33. The van der Waals surface area contributed by atoms with Gasteiger partial charge in [-0.25, -0.2) is 0 Å². The van der Waals surface area contributed by atoms with E-state index in [1.54, 1.807) is 48.6 Å². The Balaban J connectivity index is 2.70. The van der Waals surface area contributed by atoms with E-state index in [0.29, 0.717) is 5.56 Å². The van der Waals surface area contributed by atoms with Gasteiger partial charge in [-0.05, 0) is 5.56 Å². The van der Waals surface area contributed by atoms with Crippen molar-refractivity contribution in [3.63, 3.8) is 0 Å². The monoisotopic (exact) mass is 251 g/mol. The van der Waals surface area contributed by atoms with Crippen LogP contribution in [0, 0.1) is 0 Å². The summed E-state index contributed by atoms with van der Waals surface area (Å²) >= 11 is 0. The highest BCUT2D eigenvalue weighted by Gasteiger charge is 2.47. The van der Waals surface area contributed by atoms with Crippen LogP contribution in [0.5, 0.6) is 0 Å². The molecular formula is C12H13NO3S. The molecule has 0 unspecified atom stereocenters. The van der Waals surface area contributed by atoms with Gasteiger partial charge in [-0.2, -0.15) is 8.42 Å². The summed E-state index contributed by atoms with van der Waals surface area (Å²) in [6.07, 6.45) is 6.21. The van der Waals surface area contributed by atoms with Crippen molar-refractivity contribution in [1.29, 1.82) is 0 Å². The van der Waals surface area contributed by atoms with Crippen molar-refractivity contribution >= 4 is 10.1 Å². The molecule has 4 nitrogen and oxygen atoms in total. The third-order valence-electron chi connectivity index (χ3n) is 2.92. The molecule has 0 saturated heterocycles. The Morgan fingerprint density at radius 1 is 1.18 bits per heavy atom. The van der Waals surface area contributed by atoms with Gasteiger partial charge in [-0.3, -0.25) is 4.55 Å². The maximum atomic E-state index is 11.7. The summed E-state index contributed by atoms with van der Waals surface area (Å²) in [5.41, 5.74) is 6.31. The van der Waals surface area contributed by atoms with E-state index in [1.165, 1.54) is 6.08 Å². The first kappa shape index (κ1) is 12.0. The van der Waals surface area contributed by atoms with Crippen LogP contribution in [-0.4, -0.2) is 19.0 Å². The van der Waals surface area contributed by atoms with Crippen LogP contribution in [0.15, 0.2) is 54.6 Å².